The van der Waals surface area contributed by atoms with Crippen LogP contribution in [0.25, 0.3) is 11.1 Å². The molecule has 1 unspecified atom stereocenters. The Morgan fingerprint density at radius 1 is 1.12 bits per heavy atom. The number of nitrogens with one attached hydrogen (secondary N) is 1. The van der Waals surface area contributed by atoms with Crippen molar-refractivity contribution < 1.29 is 18.7 Å². The molecule has 1 aliphatic rings. The molecule has 1 atom stereocenters. The fraction of sp³-hybridized carbons (Fsp3) is 0.269. The maximum atomic E-state index is 13.7. The number of ether oxygens (including phenoxy) is 1. The number of aromatic nitrogens is 1. The molecule has 170 valence electrons. The van der Waals surface area contributed by atoms with Crippen LogP contribution in [-0.4, -0.2) is 47.4 Å². The number of hydrogen-bond donors (Lipinski definition) is 1. The average molecular weight is 448 g/mol. The molecule has 7 heteroatoms. The van der Waals surface area contributed by atoms with Gasteiger partial charge in [0.1, 0.15) is 6.04 Å². The third-order valence-corrected chi connectivity index (χ3v) is 5.63. The second-order valence-electron chi connectivity index (χ2n) is 7.92. The van der Waals surface area contributed by atoms with E-state index in [1.165, 1.54) is 6.07 Å². The number of halogens is 1. The van der Waals surface area contributed by atoms with Gasteiger partial charge >= 0.3 is 0 Å². The van der Waals surface area contributed by atoms with Crippen LogP contribution in [0, 0.1) is 5.82 Å². The molecule has 0 aliphatic carbocycles. The number of amides is 2. The first-order valence-electron chi connectivity index (χ1n) is 11.1. The highest BCUT2D eigenvalue weighted by Gasteiger charge is 2.32. The molecule has 0 radical (unpaired) electrons. The number of para-hydroxylation sites is 1. The summed E-state index contributed by atoms with van der Waals surface area (Å²) in [6, 6.07) is 17.4. The van der Waals surface area contributed by atoms with E-state index in [4.69, 9.17) is 4.74 Å². The first kappa shape index (κ1) is 22.5. The van der Waals surface area contributed by atoms with Gasteiger partial charge in [-0.1, -0.05) is 42.5 Å². The van der Waals surface area contributed by atoms with E-state index in [-0.39, 0.29) is 30.6 Å². The minimum absolute atomic E-state index is 0.101. The van der Waals surface area contributed by atoms with E-state index in [1.807, 2.05) is 36.4 Å². The van der Waals surface area contributed by atoms with E-state index in [0.29, 0.717) is 25.9 Å². The smallest absolute Gasteiger partial charge is 0.243 e. The van der Waals surface area contributed by atoms with Crippen LogP contribution in [0.2, 0.25) is 0 Å². The molecule has 2 aromatic carbocycles. The molecule has 0 saturated carbocycles. The second-order valence-corrected chi connectivity index (χ2v) is 7.92. The van der Waals surface area contributed by atoms with E-state index < -0.39 is 11.9 Å². The summed E-state index contributed by atoms with van der Waals surface area (Å²) < 4.78 is 19.1. The Morgan fingerprint density at radius 3 is 2.79 bits per heavy atom. The van der Waals surface area contributed by atoms with Crippen LogP contribution in [0.15, 0.2) is 73.1 Å². The van der Waals surface area contributed by atoms with Gasteiger partial charge in [0.15, 0.2) is 11.6 Å². The Morgan fingerprint density at radius 2 is 1.97 bits per heavy atom. The van der Waals surface area contributed by atoms with E-state index in [2.05, 4.69) is 10.3 Å². The zero-order chi connectivity index (χ0) is 23.0. The van der Waals surface area contributed by atoms with Crippen molar-refractivity contribution >= 4 is 11.8 Å². The molecule has 0 spiro atoms. The van der Waals surface area contributed by atoms with E-state index in [0.717, 1.165) is 16.7 Å². The van der Waals surface area contributed by atoms with Crippen LogP contribution in [0.5, 0.6) is 5.75 Å². The second kappa shape index (κ2) is 10.7. The number of piperazine rings is 1. The zero-order valence-electron chi connectivity index (χ0n) is 18.2. The molecule has 1 N–H and O–H groups in total. The fourth-order valence-electron chi connectivity index (χ4n) is 3.96. The predicted molar refractivity (Wildman–Crippen MR) is 123 cm³/mol. The lowest BCUT2D eigenvalue weighted by atomic mass is 9.98. The van der Waals surface area contributed by atoms with Crippen LogP contribution in [0.3, 0.4) is 0 Å². The normalized spacial score (nSPS) is 15.7. The van der Waals surface area contributed by atoms with Crippen molar-refractivity contribution in [3.05, 3.63) is 84.4 Å². The summed E-state index contributed by atoms with van der Waals surface area (Å²) in [5, 5.41) is 2.87. The van der Waals surface area contributed by atoms with Crippen molar-refractivity contribution in [3.8, 4) is 16.9 Å². The molecule has 2 amide bonds. The number of benzene rings is 2. The fourth-order valence-corrected chi connectivity index (χ4v) is 3.96. The monoisotopic (exact) mass is 447 g/mol. The number of rotatable bonds is 8. The largest absolute Gasteiger partial charge is 0.491 e. The Labute approximate surface area is 192 Å². The number of pyridine rings is 1. The zero-order valence-corrected chi connectivity index (χ0v) is 18.2. The summed E-state index contributed by atoms with van der Waals surface area (Å²) in [7, 11) is 0. The molecule has 3 aromatic rings. The van der Waals surface area contributed by atoms with Crippen molar-refractivity contribution in [2.75, 3.05) is 19.7 Å². The highest BCUT2D eigenvalue weighted by molar-refractivity contribution is 5.89. The van der Waals surface area contributed by atoms with Crippen molar-refractivity contribution in [1.82, 2.24) is 15.2 Å². The van der Waals surface area contributed by atoms with Crippen LogP contribution in [-0.2, 0) is 16.0 Å². The molecule has 4 rings (SSSR count). The molecule has 1 aliphatic heterocycles. The first-order valence-corrected chi connectivity index (χ1v) is 11.1. The Kier molecular flexibility index (Phi) is 7.29. The summed E-state index contributed by atoms with van der Waals surface area (Å²) in [5.74, 6) is -0.502. The van der Waals surface area contributed by atoms with Crippen LogP contribution in [0.1, 0.15) is 18.4 Å². The van der Waals surface area contributed by atoms with E-state index in [9.17, 15) is 14.0 Å². The number of hydrogen-bond acceptors (Lipinski definition) is 4. The lowest BCUT2D eigenvalue weighted by Gasteiger charge is -2.35. The third kappa shape index (κ3) is 5.74. The highest BCUT2D eigenvalue weighted by atomic mass is 19.1. The minimum atomic E-state index is -0.567. The third-order valence-electron chi connectivity index (χ3n) is 5.63. The van der Waals surface area contributed by atoms with Gasteiger partial charge in [-0.25, -0.2) is 4.39 Å². The lowest BCUT2D eigenvalue weighted by molar-refractivity contribution is -0.143. The maximum absolute atomic E-state index is 13.7. The molecule has 2 heterocycles. The SMILES string of the molecule is O=C1NCCN(C(=O)CCCOc2ccccc2F)C1Cc1cccc(-c2cccnc2)c1. The van der Waals surface area contributed by atoms with E-state index in [1.54, 1.807) is 35.5 Å². The molecule has 1 aromatic heterocycles. The van der Waals surface area contributed by atoms with Crippen LogP contribution < -0.4 is 10.1 Å². The number of carbonyl (C=O) groups is 2. The topological polar surface area (TPSA) is 71.5 Å². The molecule has 6 nitrogen and oxygen atoms in total. The predicted octanol–water partition coefficient (Wildman–Crippen LogP) is 3.62. The van der Waals surface area contributed by atoms with Crippen LogP contribution >= 0.6 is 0 Å². The van der Waals surface area contributed by atoms with Gasteiger partial charge in [0.05, 0.1) is 6.61 Å². The molecular weight excluding hydrogens is 421 g/mol. The average Bonchev–Trinajstić information content (AvgIpc) is 2.85. The van der Waals surface area contributed by atoms with Gasteiger partial charge in [-0.15, -0.1) is 0 Å². The van der Waals surface area contributed by atoms with E-state index >= 15 is 0 Å². The lowest BCUT2D eigenvalue weighted by Crippen LogP contribution is -2.58. The van der Waals surface area contributed by atoms with Crippen LogP contribution in [0.4, 0.5) is 4.39 Å². The minimum Gasteiger partial charge on any atom is -0.491 e. The van der Waals surface area contributed by atoms with Gasteiger partial charge in [0.25, 0.3) is 0 Å². The summed E-state index contributed by atoms with van der Waals surface area (Å²) in [4.78, 5) is 31.4. The van der Waals surface area contributed by atoms with Crippen molar-refractivity contribution in [2.24, 2.45) is 0 Å². The van der Waals surface area contributed by atoms with Gasteiger partial charge in [0.2, 0.25) is 11.8 Å². The van der Waals surface area contributed by atoms with Gasteiger partial charge in [-0.05, 0) is 41.3 Å². The molecule has 1 saturated heterocycles. The van der Waals surface area contributed by atoms with Gasteiger partial charge < -0.3 is 15.0 Å². The summed E-state index contributed by atoms with van der Waals surface area (Å²) in [6.45, 7) is 1.12. The molecular formula is C26H26FN3O3. The summed E-state index contributed by atoms with van der Waals surface area (Å²) in [5.41, 5.74) is 2.98. The van der Waals surface area contributed by atoms with Gasteiger partial charge in [-0.3, -0.25) is 14.6 Å². The summed E-state index contributed by atoms with van der Waals surface area (Å²) >= 11 is 0. The highest BCUT2D eigenvalue weighted by Crippen LogP contribution is 2.22. The van der Waals surface area contributed by atoms with Crippen molar-refractivity contribution in [1.29, 1.82) is 0 Å². The van der Waals surface area contributed by atoms with Gasteiger partial charge in [-0.2, -0.15) is 0 Å². The Bertz CT molecular complexity index is 1110. The molecule has 1 fully saturated rings. The maximum Gasteiger partial charge on any atom is 0.243 e. The van der Waals surface area contributed by atoms with Gasteiger partial charge in [0, 0.05) is 38.3 Å². The first-order chi connectivity index (χ1) is 16.1. The Hall–Kier alpha value is -3.74. The number of carbonyl (C=O) groups excluding carboxylic acids is 2. The van der Waals surface area contributed by atoms with Crippen molar-refractivity contribution in [2.45, 2.75) is 25.3 Å². The van der Waals surface area contributed by atoms with Crippen molar-refractivity contribution in [3.63, 3.8) is 0 Å². The standard InChI is InChI=1S/C26H26FN3O3/c27-22-9-1-2-10-24(22)33-15-5-11-25(31)30-14-13-29-26(32)23(30)17-19-6-3-7-20(16-19)21-8-4-12-28-18-21/h1-4,6-10,12,16,18,23H,5,11,13-15,17H2,(H,29,32). The molecule has 0 bridgehead atoms. The summed E-state index contributed by atoms with van der Waals surface area (Å²) in [6.07, 6.45) is 4.62. The molecule has 33 heavy (non-hydrogen) atoms. The quantitative estimate of drug-likeness (QED) is 0.536. The number of nitrogens with zero attached hydrogens (tertiary/aromatic N) is 2. The Balaban J connectivity index is 1.38.